The van der Waals surface area contributed by atoms with Crippen LogP contribution in [-0.4, -0.2) is 55.5 Å². The van der Waals surface area contributed by atoms with Crippen LogP contribution in [0.25, 0.3) is 0 Å². The van der Waals surface area contributed by atoms with Gasteiger partial charge in [0.25, 0.3) is 0 Å². The third-order valence-electron chi connectivity index (χ3n) is 6.05. The minimum absolute atomic E-state index is 0.150. The Balaban J connectivity index is 1.55. The van der Waals surface area contributed by atoms with E-state index in [1.54, 1.807) is 4.31 Å². The molecule has 2 aliphatic heterocycles. The number of likely N-dealkylation sites (tertiary alicyclic amines) is 1. The number of hydrogen-bond acceptors (Lipinski definition) is 3. The number of hydrogen-bond donors (Lipinski definition) is 0. The van der Waals surface area contributed by atoms with Crippen molar-refractivity contribution in [3.05, 3.63) is 35.9 Å². The predicted octanol–water partition coefficient (Wildman–Crippen LogP) is 3.31. The number of sulfonamides is 1. The molecule has 0 aromatic heterocycles. The Labute approximate surface area is 170 Å². The molecule has 1 atom stereocenters. The molecule has 6 heteroatoms. The maximum atomic E-state index is 13.0. The van der Waals surface area contributed by atoms with E-state index in [-0.39, 0.29) is 23.0 Å². The van der Waals surface area contributed by atoms with Crippen molar-refractivity contribution < 1.29 is 13.2 Å². The standard InChI is InChI=1S/C22H34N2O3S/c1-22(2)13-8-14-23(18-22)21(25)20-12-6-15-24(17-20)28(26,27)16-7-11-19-9-4-3-5-10-19/h3-5,9-10,20H,6-8,11-18H2,1-2H3/t20-/m1/s1. The molecule has 5 nitrogen and oxygen atoms in total. The van der Waals surface area contributed by atoms with E-state index >= 15 is 0 Å². The van der Waals surface area contributed by atoms with Gasteiger partial charge in [0, 0.05) is 26.2 Å². The van der Waals surface area contributed by atoms with Gasteiger partial charge in [-0.2, -0.15) is 0 Å². The van der Waals surface area contributed by atoms with Gasteiger partial charge in [0.2, 0.25) is 15.9 Å². The smallest absolute Gasteiger partial charge is 0.227 e. The molecule has 0 N–H and O–H groups in total. The SMILES string of the molecule is CC1(C)CCCN(C(=O)[C@@H]2CCCN(S(=O)(=O)CCCc3ccccc3)C2)C1. The van der Waals surface area contributed by atoms with Gasteiger partial charge in [-0.15, -0.1) is 0 Å². The van der Waals surface area contributed by atoms with Crippen LogP contribution < -0.4 is 0 Å². The molecule has 2 aliphatic rings. The molecule has 0 spiro atoms. The molecule has 0 bridgehead atoms. The first-order valence-electron chi connectivity index (χ1n) is 10.6. The number of aryl methyl sites for hydroxylation is 1. The summed E-state index contributed by atoms with van der Waals surface area (Å²) in [5.41, 5.74) is 1.32. The molecule has 1 aromatic carbocycles. The van der Waals surface area contributed by atoms with E-state index in [9.17, 15) is 13.2 Å². The lowest BCUT2D eigenvalue weighted by molar-refractivity contribution is -0.139. The highest BCUT2D eigenvalue weighted by Crippen LogP contribution is 2.30. The second kappa shape index (κ2) is 8.95. The fraction of sp³-hybridized carbons (Fsp3) is 0.682. The largest absolute Gasteiger partial charge is 0.342 e. The summed E-state index contributed by atoms with van der Waals surface area (Å²) in [5.74, 6) is 0.114. The third kappa shape index (κ3) is 5.57. The average molecular weight is 407 g/mol. The second-order valence-electron chi connectivity index (χ2n) is 9.13. The summed E-state index contributed by atoms with van der Waals surface area (Å²) in [6.45, 7) is 6.90. The highest BCUT2D eigenvalue weighted by molar-refractivity contribution is 7.89. The lowest BCUT2D eigenvalue weighted by atomic mass is 9.83. The van der Waals surface area contributed by atoms with Crippen molar-refractivity contribution in [3.8, 4) is 0 Å². The number of carbonyl (C=O) groups is 1. The predicted molar refractivity (Wildman–Crippen MR) is 112 cm³/mol. The molecule has 156 valence electrons. The molecule has 0 radical (unpaired) electrons. The summed E-state index contributed by atoms with van der Waals surface area (Å²) in [6, 6.07) is 9.98. The lowest BCUT2D eigenvalue weighted by Gasteiger charge is -2.41. The summed E-state index contributed by atoms with van der Waals surface area (Å²) in [6.07, 6.45) is 5.12. The first-order valence-corrected chi connectivity index (χ1v) is 12.2. The van der Waals surface area contributed by atoms with Crippen molar-refractivity contribution in [2.75, 3.05) is 31.9 Å². The number of rotatable bonds is 6. The zero-order valence-corrected chi connectivity index (χ0v) is 18.1. The molecular formula is C22H34N2O3S. The van der Waals surface area contributed by atoms with E-state index < -0.39 is 10.0 Å². The summed E-state index contributed by atoms with van der Waals surface area (Å²) in [4.78, 5) is 15.0. The van der Waals surface area contributed by atoms with Crippen LogP contribution in [0.4, 0.5) is 0 Å². The average Bonchev–Trinajstić information content (AvgIpc) is 2.67. The number of piperidine rings is 2. The van der Waals surface area contributed by atoms with Crippen LogP contribution in [0.5, 0.6) is 0 Å². The molecule has 0 unspecified atom stereocenters. The maximum Gasteiger partial charge on any atom is 0.227 e. The molecule has 1 aromatic rings. The Bertz CT molecular complexity index is 761. The van der Waals surface area contributed by atoms with Crippen molar-refractivity contribution in [2.24, 2.45) is 11.3 Å². The molecule has 0 aliphatic carbocycles. The van der Waals surface area contributed by atoms with Crippen molar-refractivity contribution in [2.45, 2.75) is 52.4 Å². The Morgan fingerprint density at radius 2 is 1.89 bits per heavy atom. The first kappa shape index (κ1) is 21.3. The number of amides is 1. The van der Waals surface area contributed by atoms with Crippen LogP contribution in [0.2, 0.25) is 0 Å². The normalized spacial score (nSPS) is 23.5. The summed E-state index contributed by atoms with van der Waals surface area (Å²) >= 11 is 0. The van der Waals surface area contributed by atoms with Crippen LogP contribution in [0, 0.1) is 11.3 Å². The van der Waals surface area contributed by atoms with Crippen LogP contribution in [-0.2, 0) is 21.2 Å². The molecule has 28 heavy (non-hydrogen) atoms. The van der Waals surface area contributed by atoms with Gasteiger partial charge in [0.1, 0.15) is 0 Å². The maximum absolute atomic E-state index is 13.0. The van der Waals surface area contributed by atoms with Crippen LogP contribution in [0.15, 0.2) is 30.3 Å². The van der Waals surface area contributed by atoms with Gasteiger partial charge in [-0.1, -0.05) is 44.2 Å². The molecule has 3 rings (SSSR count). The fourth-order valence-corrected chi connectivity index (χ4v) is 6.08. The van der Waals surface area contributed by atoms with Crippen LogP contribution in [0.1, 0.15) is 51.5 Å². The van der Waals surface area contributed by atoms with Gasteiger partial charge in [-0.25, -0.2) is 12.7 Å². The minimum Gasteiger partial charge on any atom is -0.342 e. The van der Waals surface area contributed by atoms with Gasteiger partial charge in [0.15, 0.2) is 0 Å². The summed E-state index contributed by atoms with van der Waals surface area (Å²) < 4.78 is 27.2. The Kier molecular flexibility index (Phi) is 6.81. The molecule has 1 amide bonds. The van der Waals surface area contributed by atoms with Gasteiger partial charge >= 0.3 is 0 Å². The first-order chi connectivity index (χ1) is 13.3. The second-order valence-corrected chi connectivity index (χ2v) is 11.2. The minimum atomic E-state index is -3.31. The fourth-order valence-electron chi connectivity index (χ4n) is 4.50. The monoisotopic (exact) mass is 406 g/mol. The van der Waals surface area contributed by atoms with Crippen molar-refractivity contribution in [3.63, 3.8) is 0 Å². The van der Waals surface area contributed by atoms with Gasteiger partial charge in [-0.3, -0.25) is 4.79 Å². The quantitative estimate of drug-likeness (QED) is 0.728. The molecule has 0 saturated carbocycles. The zero-order valence-electron chi connectivity index (χ0n) is 17.3. The van der Waals surface area contributed by atoms with Crippen molar-refractivity contribution >= 4 is 15.9 Å². The molecule has 2 heterocycles. The van der Waals surface area contributed by atoms with Crippen LogP contribution >= 0.6 is 0 Å². The Hall–Kier alpha value is -1.40. The number of benzene rings is 1. The van der Waals surface area contributed by atoms with Gasteiger partial charge in [-0.05, 0) is 49.5 Å². The van der Waals surface area contributed by atoms with E-state index in [0.29, 0.717) is 19.5 Å². The highest BCUT2D eigenvalue weighted by atomic mass is 32.2. The van der Waals surface area contributed by atoms with Crippen LogP contribution in [0.3, 0.4) is 0 Å². The van der Waals surface area contributed by atoms with Gasteiger partial charge < -0.3 is 4.90 Å². The Morgan fingerprint density at radius 3 is 2.61 bits per heavy atom. The van der Waals surface area contributed by atoms with E-state index in [0.717, 1.165) is 50.8 Å². The molecule has 2 saturated heterocycles. The summed E-state index contributed by atoms with van der Waals surface area (Å²) in [5, 5.41) is 0. The highest BCUT2D eigenvalue weighted by Gasteiger charge is 2.36. The molecular weight excluding hydrogens is 372 g/mol. The molecule has 2 fully saturated rings. The zero-order chi connectivity index (χ0) is 20.2. The third-order valence-corrected chi connectivity index (χ3v) is 7.97. The summed E-state index contributed by atoms with van der Waals surface area (Å²) in [7, 11) is -3.31. The number of nitrogens with zero attached hydrogens (tertiary/aromatic N) is 2. The topological polar surface area (TPSA) is 57.7 Å². The van der Waals surface area contributed by atoms with E-state index in [4.69, 9.17) is 0 Å². The Morgan fingerprint density at radius 1 is 1.14 bits per heavy atom. The number of carbonyl (C=O) groups excluding carboxylic acids is 1. The van der Waals surface area contributed by atoms with Gasteiger partial charge in [0.05, 0.1) is 11.7 Å². The lowest BCUT2D eigenvalue weighted by Crippen LogP contribution is -2.50. The van der Waals surface area contributed by atoms with Crippen molar-refractivity contribution in [1.82, 2.24) is 9.21 Å². The van der Waals surface area contributed by atoms with Crippen molar-refractivity contribution in [1.29, 1.82) is 0 Å². The van der Waals surface area contributed by atoms with E-state index in [2.05, 4.69) is 13.8 Å². The van der Waals surface area contributed by atoms with E-state index in [1.807, 2.05) is 35.2 Å². The van der Waals surface area contributed by atoms with E-state index in [1.165, 1.54) is 0 Å².